The summed E-state index contributed by atoms with van der Waals surface area (Å²) in [5.74, 6) is 0.838. The van der Waals surface area contributed by atoms with Gasteiger partial charge in [0.2, 0.25) is 0 Å². The lowest BCUT2D eigenvalue weighted by atomic mass is 9.82. The largest absolute Gasteiger partial charge is 0.348 e. The second-order valence-electron chi connectivity index (χ2n) is 6.04. The molecule has 0 saturated heterocycles. The van der Waals surface area contributed by atoms with Gasteiger partial charge in [-0.2, -0.15) is 17.6 Å². The fraction of sp³-hybridized carbons (Fsp3) is 0.733. The summed E-state index contributed by atoms with van der Waals surface area (Å²) in [6.07, 6.45) is 7.42. The molecule has 0 spiro atoms. The maximum atomic E-state index is 12.2. The van der Waals surface area contributed by atoms with E-state index in [1.807, 2.05) is 18.4 Å². The van der Waals surface area contributed by atoms with E-state index in [1.165, 1.54) is 25.7 Å². The van der Waals surface area contributed by atoms with E-state index < -0.39 is 0 Å². The van der Waals surface area contributed by atoms with E-state index in [-0.39, 0.29) is 11.1 Å². The van der Waals surface area contributed by atoms with Gasteiger partial charge in [0.05, 0.1) is 10.2 Å². The van der Waals surface area contributed by atoms with Crippen LogP contribution in [-0.4, -0.2) is 15.3 Å². The van der Waals surface area contributed by atoms with Gasteiger partial charge in [-0.15, -0.1) is 0 Å². The van der Waals surface area contributed by atoms with E-state index in [9.17, 15) is 4.79 Å². The van der Waals surface area contributed by atoms with Crippen molar-refractivity contribution < 1.29 is 0 Å². The van der Waals surface area contributed by atoms with Crippen molar-refractivity contribution in [3.63, 3.8) is 0 Å². The SMILES string of the molecule is Cc1nc(=O)n(CC2(CS)CCCCCC2)c(C)c1Br. The Morgan fingerprint density at radius 1 is 1.25 bits per heavy atom. The molecular formula is C15H23BrN2OS. The molecule has 0 bridgehead atoms. The summed E-state index contributed by atoms with van der Waals surface area (Å²) in [5.41, 5.74) is 1.76. The lowest BCUT2D eigenvalue weighted by molar-refractivity contribution is 0.234. The van der Waals surface area contributed by atoms with Gasteiger partial charge in [-0.1, -0.05) is 25.7 Å². The summed E-state index contributed by atoms with van der Waals surface area (Å²) < 4.78 is 2.78. The van der Waals surface area contributed by atoms with Crippen LogP contribution in [0.2, 0.25) is 0 Å². The number of aromatic nitrogens is 2. The molecule has 1 saturated carbocycles. The first-order valence-corrected chi connectivity index (χ1v) is 8.76. The molecule has 1 aromatic heterocycles. The van der Waals surface area contributed by atoms with Crippen LogP contribution in [0.15, 0.2) is 9.27 Å². The zero-order valence-electron chi connectivity index (χ0n) is 12.3. The van der Waals surface area contributed by atoms with Crippen LogP contribution >= 0.6 is 28.6 Å². The molecule has 0 atom stereocenters. The van der Waals surface area contributed by atoms with E-state index in [1.54, 1.807) is 0 Å². The molecule has 1 fully saturated rings. The fourth-order valence-corrected chi connectivity index (χ4v) is 3.86. The smallest absolute Gasteiger partial charge is 0.295 e. The summed E-state index contributed by atoms with van der Waals surface area (Å²) >= 11 is 8.14. The third-order valence-corrected chi connectivity index (χ3v) is 6.35. The molecule has 0 aliphatic heterocycles. The van der Waals surface area contributed by atoms with Crippen LogP contribution in [0.5, 0.6) is 0 Å². The van der Waals surface area contributed by atoms with E-state index >= 15 is 0 Å². The van der Waals surface area contributed by atoms with Crippen LogP contribution in [0.1, 0.15) is 49.9 Å². The molecule has 3 nitrogen and oxygen atoms in total. The molecule has 0 N–H and O–H groups in total. The fourth-order valence-electron chi connectivity index (χ4n) is 3.14. The molecule has 1 aromatic rings. The quantitative estimate of drug-likeness (QED) is 0.656. The highest BCUT2D eigenvalue weighted by Crippen LogP contribution is 2.37. The lowest BCUT2D eigenvalue weighted by Crippen LogP contribution is -2.36. The molecule has 20 heavy (non-hydrogen) atoms. The minimum Gasteiger partial charge on any atom is -0.295 e. The maximum Gasteiger partial charge on any atom is 0.348 e. The first-order valence-electron chi connectivity index (χ1n) is 7.33. The number of halogens is 1. The Labute approximate surface area is 134 Å². The molecule has 1 aliphatic rings. The molecule has 5 heteroatoms. The van der Waals surface area contributed by atoms with Gasteiger partial charge in [0, 0.05) is 12.2 Å². The first kappa shape index (κ1) is 16.1. The Morgan fingerprint density at radius 2 is 1.85 bits per heavy atom. The molecular weight excluding hydrogens is 336 g/mol. The zero-order chi connectivity index (χ0) is 14.8. The normalized spacial score (nSPS) is 18.8. The van der Waals surface area contributed by atoms with Gasteiger partial charge in [0.25, 0.3) is 0 Å². The lowest BCUT2D eigenvalue weighted by Gasteiger charge is -2.32. The maximum absolute atomic E-state index is 12.2. The predicted molar refractivity (Wildman–Crippen MR) is 89.7 cm³/mol. The van der Waals surface area contributed by atoms with Crippen LogP contribution in [0, 0.1) is 19.3 Å². The number of hydrogen-bond donors (Lipinski definition) is 1. The average molecular weight is 359 g/mol. The van der Waals surface area contributed by atoms with Crippen molar-refractivity contribution in [2.45, 2.75) is 58.9 Å². The highest BCUT2D eigenvalue weighted by molar-refractivity contribution is 9.10. The Balaban J connectivity index is 2.37. The molecule has 0 amide bonds. The number of aryl methyl sites for hydroxylation is 1. The van der Waals surface area contributed by atoms with Gasteiger partial charge in [-0.25, -0.2) is 4.79 Å². The van der Waals surface area contributed by atoms with Gasteiger partial charge in [-0.3, -0.25) is 4.57 Å². The summed E-state index contributed by atoms with van der Waals surface area (Å²) in [7, 11) is 0. The minimum absolute atomic E-state index is 0.131. The third-order valence-electron chi connectivity index (χ3n) is 4.53. The number of hydrogen-bond acceptors (Lipinski definition) is 3. The second-order valence-corrected chi connectivity index (χ2v) is 7.15. The van der Waals surface area contributed by atoms with Gasteiger partial charge in [0.15, 0.2) is 0 Å². The Hall–Kier alpha value is -0.290. The van der Waals surface area contributed by atoms with Crippen LogP contribution < -0.4 is 5.69 Å². The van der Waals surface area contributed by atoms with E-state index in [4.69, 9.17) is 0 Å². The van der Waals surface area contributed by atoms with Gasteiger partial charge >= 0.3 is 5.69 Å². The Kier molecular flexibility index (Phi) is 5.35. The van der Waals surface area contributed by atoms with Gasteiger partial charge < -0.3 is 0 Å². The van der Waals surface area contributed by atoms with Crippen molar-refractivity contribution in [3.05, 3.63) is 26.3 Å². The van der Waals surface area contributed by atoms with Crippen molar-refractivity contribution in [2.75, 3.05) is 5.75 Å². The van der Waals surface area contributed by atoms with Crippen molar-refractivity contribution in [2.24, 2.45) is 5.41 Å². The molecule has 1 heterocycles. The molecule has 112 valence electrons. The van der Waals surface area contributed by atoms with Gasteiger partial charge in [-0.05, 0) is 53.8 Å². The zero-order valence-corrected chi connectivity index (χ0v) is 14.8. The van der Waals surface area contributed by atoms with Crippen molar-refractivity contribution >= 4 is 28.6 Å². The van der Waals surface area contributed by atoms with Crippen LogP contribution in [-0.2, 0) is 6.54 Å². The highest BCUT2D eigenvalue weighted by Gasteiger charge is 2.31. The standard InChI is InChI=1S/C15H23BrN2OS/c1-11-13(16)12(2)18(14(19)17-11)9-15(10-20)7-5-3-4-6-8-15/h20H,3-10H2,1-2H3. The van der Waals surface area contributed by atoms with Gasteiger partial charge in [0.1, 0.15) is 0 Å². The first-order chi connectivity index (χ1) is 9.49. The second kappa shape index (κ2) is 6.65. The van der Waals surface area contributed by atoms with Crippen molar-refractivity contribution in [3.8, 4) is 0 Å². The van der Waals surface area contributed by atoms with E-state index in [2.05, 4.69) is 33.5 Å². The van der Waals surface area contributed by atoms with Crippen molar-refractivity contribution in [1.29, 1.82) is 0 Å². The summed E-state index contributed by atoms with van der Waals surface area (Å²) in [5, 5.41) is 0. The summed E-state index contributed by atoms with van der Waals surface area (Å²) in [4.78, 5) is 16.4. The van der Waals surface area contributed by atoms with Crippen LogP contribution in [0.25, 0.3) is 0 Å². The monoisotopic (exact) mass is 358 g/mol. The molecule has 0 aromatic carbocycles. The summed E-state index contributed by atoms with van der Waals surface area (Å²) in [6.45, 7) is 4.60. The Morgan fingerprint density at radius 3 is 2.40 bits per heavy atom. The number of nitrogens with zero attached hydrogens (tertiary/aromatic N) is 2. The average Bonchev–Trinajstić information content (AvgIpc) is 2.67. The third kappa shape index (κ3) is 3.30. The topological polar surface area (TPSA) is 34.9 Å². The van der Waals surface area contributed by atoms with E-state index in [0.717, 1.165) is 41.0 Å². The Bertz CT molecular complexity index is 533. The van der Waals surface area contributed by atoms with Crippen molar-refractivity contribution in [1.82, 2.24) is 9.55 Å². The molecule has 0 radical (unpaired) electrons. The summed E-state index contributed by atoms with van der Waals surface area (Å²) in [6, 6.07) is 0. The number of thiol groups is 1. The predicted octanol–water partition coefficient (Wildman–Crippen LogP) is 3.89. The minimum atomic E-state index is -0.131. The van der Waals surface area contributed by atoms with Crippen LogP contribution in [0.3, 0.4) is 0 Å². The van der Waals surface area contributed by atoms with E-state index in [0.29, 0.717) is 0 Å². The molecule has 1 aliphatic carbocycles. The molecule has 2 rings (SSSR count). The van der Waals surface area contributed by atoms with Crippen LogP contribution in [0.4, 0.5) is 0 Å². The highest BCUT2D eigenvalue weighted by atomic mass is 79.9. The molecule has 0 unspecified atom stereocenters. The number of rotatable bonds is 3.